The van der Waals surface area contributed by atoms with Crippen LogP contribution in [0.4, 0.5) is 8.78 Å². The summed E-state index contributed by atoms with van der Waals surface area (Å²) < 4.78 is 26.4. The first-order valence-electron chi connectivity index (χ1n) is 6.19. The van der Waals surface area contributed by atoms with Gasteiger partial charge in [-0.3, -0.25) is 0 Å². The smallest absolute Gasteiger partial charge is 0.126 e. The fourth-order valence-electron chi connectivity index (χ4n) is 2.31. The molecule has 0 saturated heterocycles. The number of benzene rings is 1. The van der Waals surface area contributed by atoms with E-state index in [1.807, 2.05) is 7.05 Å². The van der Waals surface area contributed by atoms with Crippen molar-refractivity contribution in [3.8, 4) is 0 Å². The summed E-state index contributed by atoms with van der Waals surface area (Å²) >= 11 is 0. The molecule has 17 heavy (non-hydrogen) atoms. The molecule has 1 aromatic carbocycles. The third-order valence-corrected chi connectivity index (χ3v) is 3.17. The molecule has 0 aliphatic carbocycles. The van der Waals surface area contributed by atoms with Crippen molar-refractivity contribution in [1.82, 2.24) is 5.32 Å². The Bertz CT molecular complexity index is 332. The molecule has 0 radical (unpaired) electrons. The van der Waals surface area contributed by atoms with Crippen molar-refractivity contribution >= 4 is 0 Å². The van der Waals surface area contributed by atoms with Gasteiger partial charge in [0.2, 0.25) is 0 Å². The fourth-order valence-corrected chi connectivity index (χ4v) is 2.31. The summed E-state index contributed by atoms with van der Waals surface area (Å²) in [4.78, 5) is 0. The molecule has 2 unspecified atom stereocenters. The zero-order valence-corrected chi connectivity index (χ0v) is 10.8. The molecule has 1 rings (SSSR count). The Hall–Kier alpha value is -0.960. The second-order valence-electron chi connectivity index (χ2n) is 4.63. The molecule has 0 aliphatic heterocycles. The Morgan fingerprint density at radius 3 is 2.24 bits per heavy atom. The van der Waals surface area contributed by atoms with Crippen LogP contribution in [0, 0.1) is 17.6 Å². The van der Waals surface area contributed by atoms with Gasteiger partial charge < -0.3 is 5.32 Å². The lowest BCUT2D eigenvalue weighted by atomic mass is 9.84. The van der Waals surface area contributed by atoms with Crippen molar-refractivity contribution in [1.29, 1.82) is 0 Å². The van der Waals surface area contributed by atoms with Crippen molar-refractivity contribution in [3.05, 3.63) is 35.4 Å². The highest BCUT2D eigenvalue weighted by Gasteiger charge is 2.19. The molecule has 0 saturated carbocycles. The van der Waals surface area contributed by atoms with E-state index in [9.17, 15) is 8.78 Å². The van der Waals surface area contributed by atoms with Crippen LogP contribution in [-0.4, -0.2) is 13.6 Å². The highest BCUT2D eigenvalue weighted by Crippen LogP contribution is 2.28. The Morgan fingerprint density at radius 2 is 1.76 bits per heavy atom. The molecule has 0 bridgehead atoms. The van der Waals surface area contributed by atoms with Crippen molar-refractivity contribution in [2.45, 2.75) is 32.6 Å². The van der Waals surface area contributed by atoms with Crippen molar-refractivity contribution < 1.29 is 8.78 Å². The van der Waals surface area contributed by atoms with Gasteiger partial charge in [-0.25, -0.2) is 8.78 Å². The molecule has 1 N–H and O–H groups in total. The van der Waals surface area contributed by atoms with Crippen LogP contribution in [0.15, 0.2) is 18.2 Å². The summed E-state index contributed by atoms with van der Waals surface area (Å²) in [5.41, 5.74) is 0.748. The molecule has 1 nitrogen and oxygen atoms in total. The monoisotopic (exact) mass is 241 g/mol. The molecule has 96 valence electrons. The zero-order chi connectivity index (χ0) is 12.8. The van der Waals surface area contributed by atoms with Crippen LogP contribution < -0.4 is 5.32 Å². The first-order valence-corrected chi connectivity index (χ1v) is 6.19. The van der Waals surface area contributed by atoms with Crippen LogP contribution in [-0.2, 0) is 0 Å². The molecule has 2 atom stereocenters. The van der Waals surface area contributed by atoms with Gasteiger partial charge in [-0.15, -0.1) is 0 Å². The number of rotatable bonds is 6. The standard InChI is InChI=1S/C14H21F2N/c1-4-5-10(2)14(9-17-3)11-6-12(15)8-13(16)7-11/h6-8,10,14,17H,4-5,9H2,1-3H3. The quantitative estimate of drug-likeness (QED) is 0.800. The van der Waals surface area contributed by atoms with Gasteiger partial charge in [0.25, 0.3) is 0 Å². The zero-order valence-electron chi connectivity index (χ0n) is 10.8. The Balaban J connectivity index is 2.95. The SMILES string of the molecule is CCCC(C)C(CNC)c1cc(F)cc(F)c1. The summed E-state index contributed by atoms with van der Waals surface area (Å²) in [5.74, 6) is -0.423. The lowest BCUT2D eigenvalue weighted by molar-refractivity contribution is 0.409. The molecule has 0 aromatic heterocycles. The van der Waals surface area contributed by atoms with Gasteiger partial charge in [0.05, 0.1) is 0 Å². The van der Waals surface area contributed by atoms with Gasteiger partial charge >= 0.3 is 0 Å². The maximum Gasteiger partial charge on any atom is 0.126 e. The van der Waals surface area contributed by atoms with E-state index in [0.717, 1.165) is 31.0 Å². The van der Waals surface area contributed by atoms with E-state index in [2.05, 4.69) is 19.2 Å². The van der Waals surface area contributed by atoms with Gasteiger partial charge in [0.15, 0.2) is 0 Å². The van der Waals surface area contributed by atoms with Crippen molar-refractivity contribution in [2.75, 3.05) is 13.6 Å². The Kier molecular flexibility index (Phi) is 5.56. The molecular weight excluding hydrogens is 220 g/mol. The van der Waals surface area contributed by atoms with Crippen LogP contribution >= 0.6 is 0 Å². The van der Waals surface area contributed by atoms with Crippen LogP contribution in [0.3, 0.4) is 0 Å². The maximum atomic E-state index is 13.2. The summed E-state index contributed by atoms with van der Waals surface area (Å²) in [6.45, 7) is 5.00. The van der Waals surface area contributed by atoms with E-state index in [1.165, 1.54) is 12.1 Å². The average Bonchev–Trinajstić information content (AvgIpc) is 2.24. The molecule has 0 spiro atoms. The third-order valence-electron chi connectivity index (χ3n) is 3.17. The first-order chi connectivity index (χ1) is 8.08. The van der Waals surface area contributed by atoms with Gasteiger partial charge in [0.1, 0.15) is 11.6 Å². The highest BCUT2D eigenvalue weighted by molar-refractivity contribution is 5.23. The van der Waals surface area contributed by atoms with E-state index in [4.69, 9.17) is 0 Å². The molecule has 3 heteroatoms. The minimum atomic E-state index is -0.496. The third kappa shape index (κ3) is 4.08. The molecular formula is C14H21F2N. The van der Waals surface area contributed by atoms with Crippen LogP contribution in [0.2, 0.25) is 0 Å². The van der Waals surface area contributed by atoms with Crippen molar-refractivity contribution in [2.24, 2.45) is 5.92 Å². The van der Waals surface area contributed by atoms with Crippen LogP contribution in [0.25, 0.3) is 0 Å². The van der Waals surface area contributed by atoms with E-state index >= 15 is 0 Å². The van der Waals surface area contributed by atoms with Crippen molar-refractivity contribution in [3.63, 3.8) is 0 Å². The largest absolute Gasteiger partial charge is 0.319 e. The van der Waals surface area contributed by atoms with Crippen LogP contribution in [0.5, 0.6) is 0 Å². The van der Waals surface area contributed by atoms with E-state index in [0.29, 0.717) is 5.92 Å². The molecule has 0 amide bonds. The average molecular weight is 241 g/mol. The highest BCUT2D eigenvalue weighted by atomic mass is 19.1. The minimum Gasteiger partial charge on any atom is -0.319 e. The second-order valence-corrected chi connectivity index (χ2v) is 4.63. The first kappa shape index (κ1) is 14.1. The van der Waals surface area contributed by atoms with E-state index in [1.54, 1.807) is 0 Å². The Morgan fingerprint density at radius 1 is 1.18 bits per heavy atom. The topological polar surface area (TPSA) is 12.0 Å². The fraction of sp³-hybridized carbons (Fsp3) is 0.571. The number of nitrogens with one attached hydrogen (secondary N) is 1. The molecule has 0 heterocycles. The lowest BCUT2D eigenvalue weighted by Crippen LogP contribution is -2.23. The number of hydrogen-bond donors (Lipinski definition) is 1. The second kappa shape index (κ2) is 6.70. The summed E-state index contributed by atoms with van der Waals surface area (Å²) in [5, 5.41) is 3.10. The van der Waals surface area contributed by atoms with Gasteiger partial charge in [0, 0.05) is 12.6 Å². The number of halogens is 2. The van der Waals surface area contributed by atoms with E-state index < -0.39 is 11.6 Å². The number of hydrogen-bond acceptors (Lipinski definition) is 1. The Labute approximate surface area is 102 Å². The van der Waals surface area contributed by atoms with Gasteiger partial charge in [-0.1, -0.05) is 26.7 Å². The maximum absolute atomic E-state index is 13.2. The summed E-state index contributed by atoms with van der Waals surface area (Å²) in [6, 6.07) is 3.80. The minimum absolute atomic E-state index is 0.158. The molecule has 0 fully saturated rings. The van der Waals surface area contributed by atoms with E-state index in [-0.39, 0.29) is 5.92 Å². The predicted octanol–water partition coefficient (Wildman–Crippen LogP) is 3.70. The molecule has 0 aliphatic rings. The van der Waals surface area contributed by atoms with Crippen LogP contribution in [0.1, 0.15) is 38.2 Å². The summed E-state index contributed by atoms with van der Waals surface area (Å²) in [6.07, 6.45) is 2.14. The normalized spacial score (nSPS) is 14.6. The summed E-state index contributed by atoms with van der Waals surface area (Å²) in [7, 11) is 1.86. The predicted molar refractivity (Wildman–Crippen MR) is 67.1 cm³/mol. The van der Waals surface area contributed by atoms with Gasteiger partial charge in [-0.05, 0) is 36.6 Å². The lowest BCUT2D eigenvalue weighted by Gasteiger charge is -2.24. The molecule has 1 aromatic rings. The number of likely N-dealkylation sites (N-methyl/N-ethyl adjacent to an activating group) is 1. The van der Waals surface area contributed by atoms with Gasteiger partial charge in [-0.2, -0.15) is 0 Å².